The summed E-state index contributed by atoms with van der Waals surface area (Å²) in [6.45, 7) is 4.73. The third-order valence-corrected chi connectivity index (χ3v) is 6.90. The minimum Gasteiger partial charge on any atom is -0.294 e. The van der Waals surface area contributed by atoms with E-state index in [1.54, 1.807) is 24.3 Å². The molecule has 2 saturated heterocycles. The standard InChI is InChI=1S/C28H30F2N2O2/c29-25-7-3-21(4-8-25)27(33)23-11-17-31(18-12-23)15-1-2-16-32-19-13-24(14-20-32)28(34)22-5-9-26(30)10-6-22/h3-10,23-24H,11-20H2. The molecule has 0 bridgehead atoms. The molecule has 0 aliphatic carbocycles. The highest BCUT2D eigenvalue weighted by atomic mass is 19.1. The zero-order valence-corrected chi connectivity index (χ0v) is 19.3. The van der Waals surface area contributed by atoms with Crippen LogP contribution < -0.4 is 0 Å². The summed E-state index contributed by atoms with van der Waals surface area (Å²) in [4.78, 5) is 29.7. The quantitative estimate of drug-likeness (QED) is 0.468. The lowest BCUT2D eigenvalue weighted by molar-refractivity contribution is 0.0841. The van der Waals surface area contributed by atoms with Crippen molar-refractivity contribution in [1.82, 2.24) is 9.80 Å². The normalized spacial score (nSPS) is 18.3. The van der Waals surface area contributed by atoms with Crippen LogP contribution in [-0.2, 0) is 0 Å². The summed E-state index contributed by atoms with van der Waals surface area (Å²) in [7, 11) is 0. The lowest BCUT2D eigenvalue weighted by Gasteiger charge is -2.30. The van der Waals surface area contributed by atoms with Gasteiger partial charge < -0.3 is 0 Å². The minimum absolute atomic E-state index is 0.00594. The fraction of sp³-hybridized carbons (Fsp3) is 0.429. The molecule has 2 aliphatic rings. The van der Waals surface area contributed by atoms with E-state index in [2.05, 4.69) is 21.6 Å². The summed E-state index contributed by atoms with van der Waals surface area (Å²) in [5, 5.41) is 0. The van der Waals surface area contributed by atoms with E-state index in [9.17, 15) is 18.4 Å². The Bertz CT molecular complexity index is 957. The number of carbonyl (C=O) groups excluding carboxylic acids is 2. The molecule has 2 aromatic rings. The maximum Gasteiger partial charge on any atom is 0.166 e. The van der Waals surface area contributed by atoms with Crippen molar-refractivity contribution in [2.45, 2.75) is 25.7 Å². The predicted molar refractivity (Wildman–Crippen MR) is 128 cm³/mol. The van der Waals surface area contributed by atoms with Gasteiger partial charge in [0.25, 0.3) is 0 Å². The number of hydrogen-bond donors (Lipinski definition) is 0. The SMILES string of the molecule is O=C(c1ccc(F)cc1)C1CCN(CC#CCN2CCC(C(=O)c3ccc(F)cc3)CC2)CC1. The molecule has 4 rings (SSSR count). The molecule has 2 heterocycles. The highest BCUT2D eigenvalue weighted by Gasteiger charge is 2.26. The van der Waals surface area contributed by atoms with Gasteiger partial charge in [-0.05, 0) is 100 Å². The van der Waals surface area contributed by atoms with Gasteiger partial charge in [0.2, 0.25) is 0 Å². The van der Waals surface area contributed by atoms with Crippen LogP contribution in [0.2, 0.25) is 0 Å². The molecule has 2 aromatic carbocycles. The Morgan fingerprint density at radius 3 is 1.29 bits per heavy atom. The van der Waals surface area contributed by atoms with Crippen molar-refractivity contribution in [1.29, 1.82) is 0 Å². The van der Waals surface area contributed by atoms with Crippen LogP contribution in [-0.4, -0.2) is 60.6 Å². The van der Waals surface area contributed by atoms with Crippen molar-refractivity contribution in [3.05, 3.63) is 71.3 Å². The smallest absolute Gasteiger partial charge is 0.166 e. The lowest BCUT2D eigenvalue weighted by Crippen LogP contribution is -2.37. The first-order valence-electron chi connectivity index (χ1n) is 12.0. The number of ketones is 2. The number of benzene rings is 2. The second-order valence-corrected chi connectivity index (χ2v) is 9.20. The van der Waals surface area contributed by atoms with Crippen molar-refractivity contribution < 1.29 is 18.4 Å². The van der Waals surface area contributed by atoms with Crippen LogP contribution >= 0.6 is 0 Å². The molecule has 0 N–H and O–H groups in total. The molecule has 4 nitrogen and oxygen atoms in total. The summed E-state index contributed by atoms with van der Waals surface area (Å²) in [6.07, 6.45) is 3.20. The highest BCUT2D eigenvalue weighted by molar-refractivity contribution is 5.98. The third-order valence-electron chi connectivity index (χ3n) is 6.90. The molecule has 0 radical (unpaired) electrons. The summed E-state index contributed by atoms with van der Waals surface area (Å²) in [5.74, 6) is 6.05. The number of carbonyl (C=O) groups is 2. The molecule has 178 valence electrons. The van der Waals surface area contributed by atoms with Gasteiger partial charge in [0, 0.05) is 23.0 Å². The van der Waals surface area contributed by atoms with Gasteiger partial charge in [-0.3, -0.25) is 19.4 Å². The van der Waals surface area contributed by atoms with E-state index >= 15 is 0 Å². The number of hydrogen-bond acceptors (Lipinski definition) is 4. The van der Waals surface area contributed by atoms with Gasteiger partial charge in [0.1, 0.15) is 11.6 Å². The number of likely N-dealkylation sites (tertiary alicyclic amines) is 2. The van der Waals surface area contributed by atoms with Gasteiger partial charge in [-0.2, -0.15) is 0 Å². The van der Waals surface area contributed by atoms with Crippen molar-refractivity contribution in [2.75, 3.05) is 39.3 Å². The van der Waals surface area contributed by atoms with Gasteiger partial charge in [-0.25, -0.2) is 8.78 Å². The molecule has 6 heteroatoms. The van der Waals surface area contributed by atoms with Crippen LogP contribution in [0.1, 0.15) is 46.4 Å². The van der Waals surface area contributed by atoms with Crippen molar-refractivity contribution in [2.24, 2.45) is 11.8 Å². The minimum atomic E-state index is -0.326. The van der Waals surface area contributed by atoms with Crippen LogP contribution in [0.4, 0.5) is 8.78 Å². The van der Waals surface area contributed by atoms with Crippen molar-refractivity contribution in [3.8, 4) is 11.8 Å². The molecule has 0 aromatic heterocycles. The molecule has 0 spiro atoms. The van der Waals surface area contributed by atoms with Crippen LogP contribution in [0, 0.1) is 35.3 Å². The molecular formula is C28H30F2N2O2. The molecule has 0 unspecified atom stereocenters. The van der Waals surface area contributed by atoms with Crippen molar-refractivity contribution in [3.63, 3.8) is 0 Å². The Kier molecular flexibility index (Phi) is 8.21. The van der Waals surface area contributed by atoms with Gasteiger partial charge in [0.15, 0.2) is 11.6 Å². The number of piperidine rings is 2. The van der Waals surface area contributed by atoms with E-state index in [0.29, 0.717) is 24.2 Å². The first-order chi connectivity index (χ1) is 16.5. The van der Waals surface area contributed by atoms with E-state index in [-0.39, 0.29) is 35.0 Å². The van der Waals surface area contributed by atoms with Gasteiger partial charge in [0.05, 0.1) is 13.1 Å². The topological polar surface area (TPSA) is 40.6 Å². The Morgan fingerprint density at radius 2 is 0.971 bits per heavy atom. The monoisotopic (exact) mass is 464 g/mol. The third kappa shape index (κ3) is 6.37. The van der Waals surface area contributed by atoms with Crippen molar-refractivity contribution >= 4 is 11.6 Å². The molecule has 0 amide bonds. The molecular weight excluding hydrogens is 434 g/mol. The molecule has 34 heavy (non-hydrogen) atoms. The number of nitrogens with zero attached hydrogens (tertiary/aromatic N) is 2. The second kappa shape index (κ2) is 11.5. The molecule has 2 aliphatic heterocycles. The fourth-order valence-electron chi connectivity index (χ4n) is 4.74. The van der Waals surface area contributed by atoms with E-state index in [1.807, 2.05) is 0 Å². The summed E-state index contributed by atoms with van der Waals surface area (Å²) in [5.41, 5.74) is 1.17. The summed E-state index contributed by atoms with van der Waals surface area (Å²) >= 11 is 0. The summed E-state index contributed by atoms with van der Waals surface area (Å²) < 4.78 is 26.2. The number of halogens is 2. The van der Waals surface area contributed by atoms with E-state index in [0.717, 1.165) is 51.9 Å². The van der Waals surface area contributed by atoms with E-state index in [1.165, 1.54) is 24.3 Å². The molecule has 0 saturated carbocycles. The van der Waals surface area contributed by atoms with Crippen LogP contribution in [0.25, 0.3) is 0 Å². The predicted octanol–water partition coefficient (Wildman–Crippen LogP) is 4.46. The molecule has 2 fully saturated rings. The Morgan fingerprint density at radius 1 is 0.647 bits per heavy atom. The average molecular weight is 465 g/mol. The van der Waals surface area contributed by atoms with Gasteiger partial charge in [-0.15, -0.1) is 0 Å². The fourth-order valence-corrected chi connectivity index (χ4v) is 4.74. The summed E-state index contributed by atoms with van der Waals surface area (Å²) in [6, 6.07) is 11.6. The average Bonchev–Trinajstić information content (AvgIpc) is 2.87. The first kappa shape index (κ1) is 24.3. The number of rotatable bonds is 6. The maximum atomic E-state index is 13.1. The van der Waals surface area contributed by atoms with Crippen LogP contribution in [0.5, 0.6) is 0 Å². The zero-order valence-electron chi connectivity index (χ0n) is 19.3. The van der Waals surface area contributed by atoms with Crippen LogP contribution in [0.3, 0.4) is 0 Å². The maximum absolute atomic E-state index is 13.1. The van der Waals surface area contributed by atoms with E-state index in [4.69, 9.17) is 0 Å². The zero-order chi connectivity index (χ0) is 23.9. The second-order valence-electron chi connectivity index (χ2n) is 9.20. The Hall–Kier alpha value is -2.88. The van der Waals surface area contributed by atoms with Crippen LogP contribution in [0.15, 0.2) is 48.5 Å². The van der Waals surface area contributed by atoms with Gasteiger partial charge >= 0.3 is 0 Å². The highest BCUT2D eigenvalue weighted by Crippen LogP contribution is 2.23. The Labute approximate surface area is 199 Å². The Balaban J connectivity index is 1.15. The number of Topliss-reactive ketones (excluding diaryl/α,β-unsaturated/α-hetero) is 2. The lowest BCUT2D eigenvalue weighted by atomic mass is 9.89. The first-order valence-corrected chi connectivity index (χ1v) is 12.0. The van der Waals surface area contributed by atoms with Gasteiger partial charge in [-0.1, -0.05) is 11.8 Å². The molecule has 0 atom stereocenters. The van der Waals surface area contributed by atoms with E-state index < -0.39 is 0 Å². The largest absolute Gasteiger partial charge is 0.294 e.